The second-order valence-corrected chi connectivity index (χ2v) is 9.52. The quantitative estimate of drug-likeness (QED) is 0.267. The average Bonchev–Trinajstić information content (AvgIpc) is 2.75. The summed E-state index contributed by atoms with van der Waals surface area (Å²) < 4.78 is 18.5. The molecule has 178 valence electrons. The number of carbonyl (C=O) groups is 1. The van der Waals surface area contributed by atoms with Crippen molar-refractivity contribution in [2.75, 3.05) is 11.9 Å². The van der Waals surface area contributed by atoms with Gasteiger partial charge in [-0.1, -0.05) is 48.7 Å². The van der Waals surface area contributed by atoms with Gasteiger partial charge in [-0.05, 0) is 64.8 Å². The molecule has 2 atom stereocenters. The predicted octanol–water partition coefficient (Wildman–Crippen LogP) is 6.51. The molecule has 1 aliphatic rings. The molecule has 0 amide bonds. The maximum Gasteiger partial charge on any atom is 0.331 e. The molecule has 5 heteroatoms. The molecule has 0 bridgehead atoms. The predicted molar refractivity (Wildman–Crippen MR) is 133 cm³/mol. The standard InChI is InChI=1S/C28H37NO4/c1-7-8-15-31-26-23-17-22(29-18-21-11-9-20(4)10-12-21)13-14-24(23)33-28(5,6)27(26)32-25(30)16-19(2)3/h9-14,16-17,26-27,29H,7-8,15,18H2,1-6H3. The van der Waals surface area contributed by atoms with E-state index in [0.717, 1.165) is 35.4 Å². The molecule has 0 aliphatic carbocycles. The van der Waals surface area contributed by atoms with Gasteiger partial charge in [-0.15, -0.1) is 0 Å². The highest BCUT2D eigenvalue weighted by Crippen LogP contribution is 2.44. The van der Waals surface area contributed by atoms with Crippen LogP contribution in [0.25, 0.3) is 0 Å². The van der Waals surface area contributed by atoms with Crippen LogP contribution >= 0.6 is 0 Å². The van der Waals surface area contributed by atoms with Gasteiger partial charge in [0.2, 0.25) is 0 Å². The normalized spacial score (nSPS) is 18.6. The smallest absolute Gasteiger partial charge is 0.331 e. The van der Waals surface area contributed by atoms with Crippen LogP contribution in [0.2, 0.25) is 0 Å². The number of hydrogen-bond acceptors (Lipinski definition) is 5. The molecule has 3 rings (SSSR count). The molecule has 0 spiro atoms. The summed E-state index contributed by atoms with van der Waals surface area (Å²) in [5.41, 5.74) is 4.48. The summed E-state index contributed by atoms with van der Waals surface area (Å²) in [6.45, 7) is 13.2. The Hall–Kier alpha value is -2.79. The van der Waals surface area contributed by atoms with Crippen molar-refractivity contribution in [3.05, 3.63) is 70.8 Å². The fourth-order valence-corrected chi connectivity index (χ4v) is 3.88. The molecular weight excluding hydrogens is 414 g/mol. The van der Waals surface area contributed by atoms with E-state index in [2.05, 4.69) is 49.5 Å². The van der Waals surface area contributed by atoms with Crippen molar-refractivity contribution in [1.29, 1.82) is 0 Å². The number of rotatable bonds is 9. The number of ether oxygens (including phenoxy) is 3. The maximum absolute atomic E-state index is 12.5. The van der Waals surface area contributed by atoms with Crippen LogP contribution in [0.3, 0.4) is 0 Å². The van der Waals surface area contributed by atoms with Crippen LogP contribution in [0.4, 0.5) is 5.69 Å². The minimum absolute atomic E-state index is 0.377. The van der Waals surface area contributed by atoms with Crippen LogP contribution in [0.5, 0.6) is 5.75 Å². The van der Waals surface area contributed by atoms with E-state index in [0.29, 0.717) is 13.2 Å². The topological polar surface area (TPSA) is 56.8 Å². The Kier molecular flexibility index (Phi) is 8.20. The number of carbonyl (C=O) groups excluding carboxylic acids is 1. The summed E-state index contributed by atoms with van der Waals surface area (Å²) in [5, 5.41) is 3.49. The Balaban J connectivity index is 1.88. The average molecular weight is 452 g/mol. The van der Waals surface area contributed by atoms with Crippen molar-refractivity contribution in [2.45, 2.75) is 78.7 Å². The van der Waals surface area contributed by atoms with Crippen LogP contribution in [-0.4, -0.2) is 24.3 Å². The second kappa shape index (κ2) is 10.9. The highest BCUT2D eigenvalue weighted by atomic mass is 16.6. The summed E-state index contributed by atoms with van der Waals surface area (Å²) in [6.07, 6.45) is 2.49. The monoisotopic (exact) mass is 451 g/mol. The number of allylic oxidation sites excluding steroid dienone is 1. The van der Waals surface area contributed by atoms with Crippen LogP contribution in [0.15, 0.2) is 54.1 Å². The Bertz CT molecular complexity index is 974. The van der Waals surface area contributed by atoms with Gasteiger partial charge in [0, 0.05) is 30.5 Å². The van der Waals surface area contributed by atoms with Gasteiger partial charge in [0.25, 0.3) is 0 Å². The SMILES string of the molecule is CCCCOC1c2cc(NCc3ccc(C)cc3)ccc2OC(C)(C)C1OC(=O)C=C(C)C. The summed E-state index contributed by atoms with van der Waals surface area (Å²) in [5.74, 6) is 0.384. The molecule has 33 heavy (non-hydrogen) atoms. The summed E-state index contributed by atoms with van der Waals surface area (Å²) in [4.78, 5) is 12.5. The molecule has 2 unspecified atom stereocenters. The van der Waals surface area contributed by atoms with E-state index < -0.39 is 17.8 Å². The Morgan fingerprint density at radius 2 is 1.88 bits per heavy atom. The lowest BCUT2D eigenvalue weighted by Gasteiger charge is -2.43. The number of hydrogen-bond donors (Lipinski definition) is 1. The molecule has 2 aromatic carbocycles. The lowest BCUT2D eigenvalue weighted by Crippen LogP contribution is -2.51. The first kappa shape index (κ1) is 24.8. The van der Waals surface area contributed by atoms with Gasteiger partial charge >= 0.3 is 5.97 Å². The van der Waals surface area contributed by atoms with Crippen molar-refractivity contribution >= 4 is 11.7 Å². The third-order valence-corrected chi connectivity index (χ3v) is 5.71. The van der Waals surface area contributed by atoms with Crippen molar-refractivity contribution in [1.82, 2.24) is 0 Å². The minimum atomic E-state index is -0.730. The molecule has 0 saturated carbocycles. The van der Waals surface area contributed by atoms with Gasteiger partial charge in [0.05, 0.1) is 0 Å². The first-order chi connectivity index (χ1) is 15.7. The Labute approximate surface area is 198 Å². The fraction of sp³-hybridized carbons (Fsp3) is 0.464. The lowest BCUT2D eigenvalue weighted by atomic mass is 9.87. The molecule has 0 saturated heterocycles. The van der Waals surface area contributed by atoms with Gasteiger partial charge < -0.3 is 19.5 Å². The van der Waals surface area contributed by atoms with Crippen LogP contribution < -0.4 is 10.1 Å². The molecule has 1 N–H and O–H groups in total. The van der Waals surface area contributed by atoms with Gasteiger partial charge in [-0.2, -0.15) is 0 Å². The minimum Gasteiger partial charge on any atom is -0.483 e. The number of unbranched alkanes of at least 4 members (excludes halogenated alkanes) is 1. The van der Waals surface area contributed by atoms with Gasteiger partial charge in [0.15, 0.2) is 6.10 Å². The third kappa shape index (κ3) is 6.61. The van der Waals surface area contributed by atoms with Crippen LogP contribution in [-0.2, 0) is 20.8 Å². The molecule has 0 radical (unpaired) electrons. The van der Waals surface area contributed by atoms with E-state index in [1.807, 2.05) is 39.8 Å². The number of benzene rings is 2. The molecule has 5 nitrogen and oxygen atoms in total. The zero-order chi connectivity index (χ0) is 24.0. The second-order valence-electron chi connectivity index (χ2n) is 9.52. The molecular formula is C28H37NO4. The van der Waals surface area contributed by atoms with Crippen LogP contribution in [0, 0.1) is 6.92 Å². The van der Waals surface area contributed by atoms with Crippen molar-refractivity contribution in [3.63, 3.8) is 0 Å². The van der Waals surface area contributed by atoms with Crippen molar-refractivity contribution in [2.24, 2.45) is 0 Å². The van der Waals surface area contributed by atoms with Gasteiger partial charge in [0.1, 0.15) is 17.5 Å². The summed E-state index contributed by atoms with van der Waals surface area (Å²) >= 11 is 0. The van der Waals surface area contributed by atoms with E-state index in [9.17, 15) is 4.79 Å². The van der Waals surface area contributed by atoms with E-state index in [-0.39, 0.29) is 5.97 Å². The third-order valence-electron chi connectivity index (χ3n) is 5.71. The zero-order valence-electron chi connectivity index (χ0n) is 20.7. The largest absolute Gasteiger partial charge is 0.483 e. The maximum atomic E-state index is 12.5. The van der Waals surface area contributed by atoms with Gasteiger partial charge in [-0.3, -0.25) is 0 Å². The lowest BCUT2D eigenvalue weighted by molar-refractivity contribution is -0.179. The van der Waals surface area contributed by atoms with Crippen molar-refractivity contribution in [3.8, 4) is 5.75 Å². The van der Waals surface area contributed by atoms with E-state index in [4.69, 9.17) is 14.2 Å². The molecule has 0 fully saturated rings. The Morgan fingerprint density at radius 3 is 2.55 bits per heavy atom. The summed E-state index contributed by atoms with van der Waals surface area (Å²) in [6, 6.07) is 14.5. The molecule has 2 aromatic rings. The number of aryl methyl sites for hydroxylation is 1. The van der Waals surface area contributed by atoms with Crippen molar-refractivity contribution < 1.29 is 19.0 Å². The molecule has 1 aliphatic heterocycles. The number of nitrogens with one attached hydrogen (secondary N) is 1. The highest BCUT2D eigenvalue weighted by molar-refractivity contribution is 5.83. The zero-order valence-corrected chi connectivity index (χ0v) is 20.7. The molecule has 0 aromatic heterocycles. The van der Waals surface area contributed by atoms with E-state index in [1.54, 1.807) is 0 Å². The number of anilines is 1. The Morgan fingerprint density at radius 1 is 1.15 bits per heavy atom. The number of esters is 1. The van der Waals surface area contributed by atoms with E-state index >= 15 is 0 Å². The first-order valence-corrected chi connectivity index (χ1v) is 11.8. The van der Waals surface area contributed by atoms with Gasteiger partial charge in [-0.25, -0.2) is 4.79 Å². The first-order valence-electron chi connectivity index (χ1n) is 11.8. The number of fused-ring (bicyclic) bond motifs is 1. The van der Waals surface area contributed by atoms with Crippen LogP contribution in [0.1, 0.15) is 70.3 Å². The summed E-state index contributed by atoms with van der Waals surface area (Å²) in [7, 11) is 0. The fourth-order valence-electron chi connectivity index (χ4n) is 3.88. The van der Waals surface area contributed by atoms with E-state index in [1.165, 1.54) is 17.2 Å². The molecule has 1 heterocycles. The highest BCUT2D eigenvalue weighted by Gasteiger charge is 2.47.